The van der Waals surface area contributed by atoms with Gasteiger partial charge >= 0.3 is 0 Å². The number of aromatic nitrogens is 4. The Morgan fingerprint density at radius 2 is 2.02 bits per heavy atom. The SMILES string of the molecule is Cc1c(-c2cc(Nc3cc4n(n3)CCN(CCO)C4)c(=O)[nH]n2)ccc(F)c1NC(=O)c1cc2ccccc2s1. The normalized spacial score (nSPS) is 13.4. The van der Waals surface area contributed by atoms with Gasteiger partial charge in [0.25, 0.3) is 11.5 Å². The van der Waals surface area contributed by atoms with E-state index < -0.39 is 17.3 Å². The lowest BCUT2D eigenvalue weighted by Crippen LogP contribution is -2.35. The summed E-state index contributed by atoms with van der Waals surface area (Å²) in [7, 11) is 0. The summed E-state index contributed by atoms with van der Waals surface area (Å²) in [6.07, 6.45) is 0. The number of hydrogen-bond acceptors (Lipinski definition) is 8. The predicted octanol–water partition coefficient (Wildman–Crippen LogP) is 4.10. The highest BCUT2D eigenvalue weighted by molar-refractivity contribution is 7.20. The zero-order valence-corrected chi connectivity index (χ0v) is 22.4. The average molecular weight is 560 g/mol. The van der Waals surface area contributed by atoms with E-state index in [1.165, 1.54) is 17.4 Å². The molecule has 4 N–H and O–H groups in total. The first-order valence-electron chi connectivity index (χ1n) is 12.8. The van der Waals surface area contributed by atoms with Gasteiger partial charge in [-0.3, -0.25) is 19.2 Å². The smallest absolute Gasteiger partial charge is 0.287 e. The van der Waals surface area contributed by atoms with Gasteiger partial charge in [0.2, 0.25) is 0 Å². The van der Waals surface area contributed by atoms with Crippen LogP contribution in [0.4, 0.5) is 21.6 Å². The van der Waals surface area contributed by atoms with Crippen molar-refractivity contribution in [3.05, 3.63) is 86.9 Å². The lowest BCUT2D eigenvalue weighted by molar-refractivity contribution is 0.103. The number of carbonyl (C=O) groups is 1. The molecule has 10 nitrogen and oxygen atoms in total. The minimum Gasteiger partial charge on any atom is -0.395 e. The van der Waals surface area contributed by atoms with E-state index >= 15 is 0 Å². The molecule has 5 aromatic rings. The van der Waals surface area contributed by atoms with Crippen LogP contribution in [0.2, 0.25) is 0 Å². The largest absolute Gasteiger partial charge is 0.395 e. The number of nitrogens with one attached hydrogen (secondary N) is 3. The van der Waals surface area contributed by atoms with Crippen LogP contribution in [-0.4, -0.2) is 55.6 Å². The van der Waals surface area contributed by atoms with Gasteiger partial charge in [-0.1, -0.05) is 18.2 Å². The minimum absolute atomic E-state index is 0.0525. The zero-order chi connectivity index (χ0) is 27.8. The molecule has 40 heavy (non-hydrogen) atoms. The fourth-order valence-electron chi connectivity index (χ4n) is 4.87. The van der Waals surface area contributed by atoms with Crippen molar-refractivity contribution >= 4 is 44.5 Å². The summed E-state index contributed by atoms with van der Waals surface area (Å²) >= 11 is 1.34. The monoisotopic (exact) mass is 559 g/mol. The Kier molecular flexibility index (Phi) is 6.88. The Morgan fingerprint density at radius 1 is 1.18 bits per heavy atom. The van der Waals surface area contributed by atoms with Gasteiger partial charge in [-0.05, 0) is 48.2 Å². The molecule has 0 bridgehead atoms. The highest BCUT2D eigenvalue weighted by Gasteiger charge is 2.20. The number of amides is 1. The molecule has 0 saturated carbocycles. The van der Waals surface area contributed by atoms with Gasteiger partial charge in [0.15, 0.2) is 5.82 Å². The van der Waals surface area contributed by atoms with Gasteiger partial charge < -0.3 is 15.7 Å². The number of rotatable bonds is 7. The van der Waals surface area contributed by atoms with Gasteiger partial charge in [0.05, 0.1) is 35.1 Å². The first-order valence-corrected chi connectivity index (χ1v) is 13.6. The van der Waals surface area contributed by atoms with E-state index in [9.17, 15) is 19.1 Å². The molecule has 1 aliphatic rings. The maximum Gasteiger partial charge on any atom is 0.287 e. The molecule has 3 aromatic heterocycles. The number of thiophene rings is 1. The molecule has 204 valence electrons. The molecule has 12 heteroatoms. The van der Waals surface area contributed by atoms with Crippen molar-refractivity contribution in [2.75, 3.05) is 30.3 Å². The Hall–Kier alpha value is -4.39. The Bertz CT molecular complexity index is 1760. The summed E-state index contributed by atoms with van der Waals surface area (Å²) in [4.78, 5) is 28.2. The van der Waals surface area contributed by atoms with Gasteiger partial charge in [0.1, 0.15) is 11.5 Å². The fourth-order valence-corrected chi connectivity index (χ4v) is 5.83. The van der Waals surface area contributed by atoms with Crippen LogP contribution >= 0.6 is 11.3 Å². The number of nitrogens with zero attached hydrogens (tertiary/aromatic N) is 4. The Labute approximate surface area is 232 Å². The van der Waals surface area contributed by atoms with Crippen molar-refractivity contribution in [3.8, 4) is 11.3 Å². The van der Waals surface area contributed by atoms with Crippen LogP contribution in [0.25, 0.3) is 21.3 Å². The molecule has 0 spiro atoms. The van der Waals surface area contributed by atoms with Crippen molar-refractivity contribution in [2.45, 2.75) is 20.0 Å². The second kappa shape index (κ2) is 10.6. The number of carbonyl (C=O) groups excluding carboxylic acids is 1. The number of aliphatic hydroxyl groups is 1. The van der Waals surface area contributed by atoms with E-state index in [0.717, 1.165) is 22.3 Å². The highest BCUT2D eigenvalue weighted by atomic mass is 32.1. The second-order valence-corrected chi connectivity index (χ2v) is 10.6. The molecule has 0 atom stereocenters. The van der Waals surface area contributed by atoms with Gasteiger partial charge in [0, 0.05) is 36.0 Å². The maximum absolute atomic E-state index is 14.9. The molecular formula is C28H26FN7O3S. The number of β-amino-alcohol motifs (C(OH)–C–C–N with tert-alkyl or cyclic N) is 1. The topological polar surface area (TPSA) is 128 Å². The molecule has 0 fully saturated rings. The molecule has 0 saturated heterocycles. The van der Waals surface area contributed by atoms with Crippen molar-refractivity contribution in [1.82, 2.24) is 24.9 Å². The summed E-state index contributed by atoms with van der Waals surface area (Å²) < 4.78 is 17.8. The summed E-state index contributed by atoms with van der Waals surface area (Å²) in [5.41, 5.74) is 2.24. The van der Waals surface area contributed by atoms with E-state index in [2.05, 4.69) is 30.8 Å². The average Bonchev–Trinajstić information content (AvgIpc) is 3.56. The predicted molar refractivity (Wildman–Crippen MR) is 153 cm³/mol. The van der Waals surface area contributed by atoms with Crippen molar-refractivity contribution in [3.63, 3.8) is 0 Å². The van der Waals surface area contributed by atoms with Crippen LogP contribution in [0.15, 0.2) is 59.4 Å². The number of benzene rings is 2. The number of fused-ring (bicyclic) bond motifs is 2. The number of anilines is 3. The fraction of sp³-hybridized carbons (Fsp3) is 0.214. The third-order valence-corrected chi connectivity index (χ3v) is 8.05. The summed E-state index contributed by atoms with van der Waals surface area (Å²) in [6, 6.07) is 15.7. The van der Waals surface area contributed by atoms with Crippen LogP contribution in [0.3, 0.4) is 0 Å². The van der Waals surface area contributed by atoms with Crippen LogP contribution in [0, 0.1) is 12.7 Å². The molecule has 0 unspecified atom stereocenters. The molecule has 4 heterocycles. The highest BCUT2D eigenvalue weighted by Crippen LogP contribution is 2.32. The lowest BCUT2D eigenvalue weighted by atomic mass is 10.0. The van der Waals surface area contributed by atoms with E-state index in [4.69, 9.17) is 0 Å². The number of aromatic amines is 1. The molecule has 1 aliphatic heterocycles. The number of H-pyrrole nitrogens is 1. The van der Waals surface area contributed by atoms with Gasteiger partial charge in [-0.25, -0.2) is 9.49 Å². The molecule has 6 rings (SSSR count). The van der Waals surface area contributed by atoms with Gasteiger partial charge in [-0.15, -0.1) is 11.3 Å². The van der Waals surface area contributed by atoms with Crippen molar-refractivity contribution in [2.24, 2.45) is 0 Å². The lowest BCUT2D eigenvalue weighted by Gasteiger charge is -2.26. The summed E-state index contributed by atoms with van der Waals surface area (Å²) in [5, 5.41) is 27.2. The second-order valence-electron chi connectivity index (χ2n) is 9.56. The third-order valence-electron chi connectivity index (χ3n) is 6.94. The van der Waals surface area contributed by atoms with E-state index in [1.54, 1.807) is 25.1 Å². The van der Waals surface area contributed by atoms with E-state index in [0.29, 0.717) is 47.2 Å². The first-order chi connectivity index (χ1) is 19.4. The standard InChI is InChI=1S/C28H26FN7O3S/c1-16-19(6-7-20(29)26(16)31-28(39)24-12-17-4-2-3-5-23(17)40-24)21-14-22(27(38)33-32-21)30-25-13-18-15-35(10-11-37)8-9-36(18)34-25/h2-7,12-14,37H,8-11,15H2,1H3,(H,31,39)(H,33,38)(H,30,32,34). The molecule has 2 aromatic carbocycles. The maximum atomic E-state index is 14.9. The van der Waals surface area contributed by atoms with Crippen LogP contribution in [0.5, 0.6) is 0 Å². The Morgan fingerprint density at radius 3 is 2.85 bits per heavy atom. The van der Waals surface area contributed by atoms with Crippen molar-refractivity contribution in [1.29, 1.82) is 0 Å². The number of aliphatic hydroxyl groups excluding tert-OH is 1. The third kappa shape index (κ3) is 4.99. The number of hydrogen-bond donors (Lipinski definition) is 4. The van der Waals surface area contributed by atoms with E-state index in [1.807, 2.05) is 35.0 Å². The Balaban J connectivity index is 1.26. The summed E-state index contributed by atoms with van der Waals surface area (Å²) in [6.45, 7) is 4.48. The minimum atomic E-state index is -0.572. The van der Waals surface area contributed by atoms with Crippen LogP contribution in [0.1, 0.15) is 20.9 Å². The summed E-state index contributed by atoms with van der Waals surface area (Å²) in [5.74, 6) is -0.466. The van der Waals surface area contributed by atoms with Crippen LogP contribution in [-0.2, 0) is 13.1 Å². The van der Waals surface area contributed by atoms with Crippen molar-refractivity contribution < 1.29 is 14.3 Å². The number of halogens is 1. The van der Waals surface area contributed by atoms with Crippen LogP contribution < -0.4 is 16.2 Å². The van der Waals surface area contributed by atoms with Gasteiger partial charge in [-0.2, -0.15) is 10.2 Å². The quantitative estimate of drug-likeness (QED) is 0.236. The zero-order valence-electron chi connectivity index (χ0n) is 21.6. The first kappa shape index (κ1) is 25.9. The molecule has 0 radical (unpaired) electrons. The molecular weight excluding hydrogens is 533 g/mol. The molecule has 0 aliphatic carbocycles. The van der Waals surface area contributed by atoms with E-state index in [-0.39, 0.29) is 18.0 Å². The molecule has 1 amide bonds.